The molecule has 1 unspecified atom stereocenters. The molecule has 1 atom stereocenters. The van der Waals surface area contributed by atoms with Gasteiger partial charge in [-0.3, -0.25) is 4.90 Å². The molecule has 2 heterocycles. The van der Waals surface area contributed by atoms with Crippen LogP contribution in [0.15, 0.2) is 48.5 Å². The van der Waals surface area contributed by atoms with Crippen LogP contribution in [0.1, 0.15) is 48.6 Å². The number of benzene rings is 2. The van der Waals surface area contributed by atoms with Gasteiger partial charge in [0.05, 0.1) is 6.10 Å². The maximum Gasteiger partial charge on any atom is 0.123 e. The zero-order valence-electron chi connectivity index (χ0n) is 17.4. The lowest BCUT2D eigenvalue weighted by Gasteiger charge is -2.51. The van der Waals surface area contributed by atoms with E-state index in [1.807, 2.05) is 17.4 Å². The summed E-state index contributed by atoms with van der Waals surface area (Å²) in [6, 6.07) is 16.1. The SMILES string of the molecule is CC1Cc2c(sc3ccc(F)cc23)C2(CCC(c3ccccc3)(N(C)C)CC2)O1. The van der Waals surface area contributed by atoms with Gasteiger partial charge in [0.15, 0.2) is 0 Å². The smallest absolute Gasteiger partial charge is 0.123 e. The van der Waals surface area contributed by atoms with Gasteiger partial charge in [0.2, 0.25) is 0 Å². The minimum Gasteiger partial charge on any atom is -0.366 e. The highest BCUT2D eigenvalue weighted by atomic mass is 32.1. The van der Waals surface area contributed by atoms with Crippen LogP contribution in [-0.4, -0.2) is 25.1 Å². The summed E-state index contributed by atoms with van der Waals surface area (Å²) in [6.45, 7) is 2.17. The molecular weight excluding hydrogens is 381 g/mol. The van der Waals surface area contributed by atoms with Crippen molar-refractivity contribution in [2.45, 2.75) is 56.3 Å². The highest BCUT2D eigenvalue weighted by Crippen LogP contribution is 2.55. The van der Waals surface area contributed by atoms with E-state index in [0.29, 0.717) is 0 Å². The Morgan fingerprint density at radius 3 is 2.45 bits per heavy atom. The second-order valence-electron chi connectivity index (χ2n) is 8.97. The molecule has 1 aromatic heterocycles. The van der Waals surface area contributed by atoms with Gasteiger partial charge in [-0.15, -0.1) is 11.3 Å². The van der Waals surface area contributed by atoms with Crippen molar-refractivity contribution in [1.29, 1.82) is 0 Å². The minimum atomic E-state index is -0.235. The van der Waals surface area contributed by atoms with Gasteiger partial charge in [0.1, 0.15) is 11.4 Å². The standard InChI is InChI=1S/C25H28FNOS/c1-17-15-21-20-16-19(26)9-10-22(20)29-23(21)25(28-17)13-11-24(12-14-25,27(2)3)18-7-5-4-6-8-18/h4-10,16-17H,11-15H2,1-3H3. The summed E-state index contributed by atoms with van der Waals surface area (Å²) in [6.07, 6.45) is 5.13. The zero-order valence-corrected chi connectivity index (χ0v) is 18.2. The Bertz CT molecular complexity index is 1030. The van der Waals surface area contributed by atoms with Gasteiger partial charge < -0.3 is 4.74 Å². The van der Waals surface area contributed by atoms with Crippen molar-refractivity contribution < 1.29 is 9.13 Å². The number of thiophene rings is 1. The van der Waals surface area contributed by atoms with Crippen LogP contribution < -0.4 is 0 Å². The van der Waals surface area contributed by atoms with Crippen molar-refractivity contribution in [3.63, 3.8) is 0 Å². The Kier molecular flexibility index (Phi) is 4.57. The van der Waals surface area contributed by atoms with Gasteiger partial charge in [0.25, 0.3) is 0 Å². The molecule has 2 aromatic carbocycles. The highest BCUT2D eigenvalue weighted by Gasteiger charge is 2.50. The first-order valence-corrected chi connectivity index (χ1v) is 11.4. The largest absolute Gasteiger partial charge is 0.366 e. The van der Waals surface area contributed by atoms with Crippen molar-refractivity contribution in [2.75, 3.05) is 14.1 Å². The Morgan fingerprint density at radius 1 is 1.03 bits per heavy atom. The molecule has 152 valence electrons. The van der Waals surface area contributed by atoms with Crippen LogP contribution in [0.5, 0.6) is 0 Å². The van der Waals surface area contributed by atoms with Gasteiger partial charge in [-0.05, 0) is 81.4 Å². The van der Waals surface area contributed by atoms with Crippen LogP contribution in [-0.2, 0) is 22.3 Å². The average molecular weight is 410 g/mol. The zero-order chi connectivity index (χ0) is 20.2. The molecule has 1 fully saturated rings. The lowest BCUT2D eigenvalue weighted by atomic mass is 9.68. The van der Waals surface area contributed by atoms with Gasteiger partial charge in [0, 0.05) is 21.5 Å². The van der Waals surface area contributed by atoms with Crippen molar-refractivity contribution in [3.8, 4) is 0 Å². The fourth-order valence-corrected chi connectivity index (χ4v) is 7.02. The molecule has 5 rings (SSSR count). The van der Waals surface area contributed by atoms with Crippen LogP contribution in [0.25, 0.3) is 10.1 Å². The molecule has 1 saturated carbocycles. The van der Waals surface area contributed by atoms with Gasteiger partial charge >= 0.3 is 0 Å². The van der Waals surface area contributed by atoms with Crippen molar-refractivity contribution in [1.82, 2.24) is 4.90 Å². The predicted octanol–water partition coefficient (Wildman–Crippen LogP) is 6.23. The lowest BCUT2D eigenvalue weighted by molar-refractivity contribution is -0.140. The summed E-state index contributed by atoms with van der Waals surface area (Å²) < 4.78 is 21.9. The summed E-state index contributed by atoms with van der Waals surface area (Å²) in [5.41, 5.74) is 2.52. The van der Waals surface area contributed by atoms with Crippen LogP contribution >= 0.6 is 11.3 Å². The topological polar surface area (TPSA) is 12.5 Å². The number of halogens is 1. The molecule has 1 spiro atoms. The molecule has 0 amide bonds. The Labute approximate surface area is 176 Å². The molecule has 1 aliphatic carbocycles. The molecule has 4 heteroatoms. The van der Waals surface area contributed by atoms with E-state index in [1.165, 1.54) is 20.7 Å². The molecule has 1 aliphatic heterocycles. The third-order valence-corrected chi connectivity index (χ3v) is 8.54. The molecule has 0 bridgehead atoms. The minimum absolute atomic E-state index is 0.0412. The fraction of sp³-hybridized carbons (Fsp3) is 0.440. The first-order chi connectivity index (χ1) is 13.9. The Morgan fingerprint density at radius 2 is 1.76 bits per heavy atom. The molecular formula is C25H28FNOS. The number of hydrogen-bond donors (Lipinski definition) is 0. The summed E-state index contributed by atoms with van der Waals surface area (Å²) >= 11 is 1.81. The summed E-state index contributed by atoms with van der Waals surface area (Å²) in [4.78, 5) is 3.74. The Hall–Kier alpha value is -1.75. The summed E-state index contributed by atoms with van der Waals surface area (Å²) in [5.74, 6) is -0.148. The molecule has 0 radical (unpaired) electrons. The molecule has 0 saturated heterocycles. The van der Waals surface area contributed by atoms with Gasteiger partial charge in [-0.1, -0.05) is 30.3 Å². The van der Waals surface area contributed by atoms with Crippen LogP contribution in [0.2, 0.25) is 0 Å². The van der Waals surface area contributed by atoms with Crippen molar-refractivity contribution in [2.24, 2.45) is 0 Å². The quantitative estimate of drug-likeness (QED) is 0.498. The van der Waals surface area contributed by atoms with Crippen LogP contribution in [0, 0.1) is 5.82 Å². The lowest BCUT2D eigenvalue weighted by Crippen LogP contribution is -2.50. The second kappa shape index (κ2) is 6.90. The highest BCUT2D eigenvalue weighted by molar-refractivity contribution is 7.19. The molecule has 3 aromatic rings. The van der Waals surface area contributed by atoms with E-state index in [2.05, 4.69) is 56.3 Å². The first kappa shape index (κ1) is 19.2. The van der Waals surface area contributed by atoms with Crippen LogP contribution in [0.3, 0.4) is 0 Å². The number of hydrogen-bond acceptors (Lipinski definition) is 3. The van der Waals surface area contributed by atoms with E-state index >= 15 is 0 Å². The maximum atomic E-state index is 14.0. The maximum absolute atomic E-state index is 14.0. The summed E-state index contributed by atoms with van der Waals surface area (Å²) in [5, 5.41) is 1.09. The van der Waals surface area contributed by atoms with Crippen molar-refractivity contribution >= 4 is 21.4 Å². The number of fused-ring (bicyclic) bond motifs is 4. The molecule has 2 nitrogen and oxygen atoms in total. The van der Waals surface area contributed by atoms with Crippen molar-refractivity contribution in [3.05, 3.63) is 70.4 Å². The molecule has 2 aliphatic rings. The number of rotatable bonds is 2. The van der Waals surface area contributed by atoms with Gasteiger partial charge in [-0.25, -0.2) is 4.39 Å². The number of nitrogens with zero attached hydrogens (tertiary/aromatic N) is 1. The summed E-state index contributed by atoms with van der Waals surface area (Å²) in [7, 11) is 4.39. The first-order valence-electron chi connectivity index (χ1n) is 10.6. The van der Waals surface area contributed by atoms with E-state index in [1.54, 1.807) is 12.1 Å². The average Bonchev–Trinajstić information content (AvgIpc) is 3.08. The second-order valence-corrected chi connectivity index (χ2v) is 10.0. The van der Waals surface area contributed by atoms with E-state index in [4.69, 9.17) is 4.74 Å². The van der Waals surface area contributed by atoms with E-state index < -0.39 is 0 Å². The fourth-order valence-electron chi connectivity index (χ4n) is 5.61. The molecule has 29 heavy (non-hydrogen) atoms. The Balaban J connectivity index is 1.56. The third-order valence-electron chi connectivity index (χ3n) is 7.14. The van der Waals surface area contributed by atoms with E-state index in [-0.39, 0.29) is 23.1 Å². The van der Waals surface area contributed by atoms with E-state index in [9.17, 15) is 4.39 Å². The monoisotopic (exact) mass is 409 g/mol. The predicted molar refractivity (Wildman–Crippen MR) is 118 cm³/mol. The third kappa shape index (κ3) is 2.96. The van der Waals surface area contributed by atoms with Gasteiger partial charge in [-0.2, -0.15) is 0 Å². The van der Waals surface area contributed by atoms with Crippen LogP contribution in [0.4, 0.5) is 4.39 Å². The van der Waals surface area contributed by atoms with E-state index in [0.717, 1.165) is 37.5 Å². The number of ether oxygens (including phenoxy) is 1. The normalized spacial score (nSPS) is 29.5. The molecule has 0 N–H and O–H groups in total.